The van der Waals surface area contributed by atoms with E-state index in [1.165, 1.54) is 6.20 Å². The van der Waals surface area contributed by atoms with Gasteiger partial charge in [0, 0.05) is 18.7 Å². The first-order valence-corrected chi connectivity index (χ1v) is 8.24. The maximum atomic E-state index is 11.0. The van der Waals surface area contributed by atoms with E-state index in [1.54, 1.807) is 0 Å². The fraction of sp³-hybridized carbons (Fsp3) is 0.389. The largest absolute Gasteiger partial charge is 0.411 e. The Balaban J connectivity index is 2.04. The second kappa shape index (κ2) is 7.06. The van der Waals surface area contributed by atoms with Crippen LogP contribution in [-0.2, 0) is 4.74 Å². The first kappa shape index (κ1) is 17.2. The molecule has 25 heavy (non-hydrogen) atoms. The number of hydrogen-bond donors (Lipinski definition) is 1. The Morgan fingerprint density at radius 3 is 2.48 bits per heavy atom. The standard InChI is InChI=1S/C18H22N4O3/c1-11-4-6-14(7-5-11)16-17(20-8-15(21-16)25-18(19)23)22-9-12(2)24-13(3)10-22/h4-8,12-13H,9-10H2,1-3H3,(H2,19,23). The van der Waals surface area contributed by atoms with E-state index in [0.717, 1.165) is 16.9 Å². The van der Waals surface area contributed by atoms with E-state index in [9.17, 15) is 4.79 Å². The molecule has 132 valence electrons. The Morgan fingerprint density at radius 2 is 1.88 bits per heavy atom. The summed E-state index contributed by atoms with van der Waals surface area (Å²) in [7, 11) is 0. The molecule has 3 rings (SSSR count). The Morgan fingerprint density at radius 1 is 1.24 bits per heavy atom. The maximum Gasteiger partial charge on any atom is 0.411 e. The molecule has 1 aliphatic heterocycles. The summed E-state index contributed by atoms with van der Waals surface area (Å²) < 4.78 is 10.7. The van der Waals surface area contributed by atoms with Crippen molar-refractivity contribution in [2.24, 2.45) is 5.73 Å². The number of nitrogens with zero attached hydrogens (tertiary/aromatic N) is 3. The second-order valence-corrected chi connectivity index (χ2v) is 6.33. The number of primary amides is 1. The lowest BCUT2D eigenvalue weighted by molar-refractivity contribution is -0.00544. The van der Waals surface area contributed by atoms with Crippen LogP contribution in [0.25, 0.3) is 11.3 Å². The van der Waals surface area contributed by atoms with E-state index in [-0.39, 0.29) is 18.1 Å². The zero-order valence-electron chi connectivity index (χ0n) is 14.6. The molecule has 2 N–H and O–H groups in total. The van der Waals surface area contributed by atoms with Crippen LogP contribution in [0.2, 0.25) is 0 Å². The molecule has 1 amide bonds. The van der Waals surface area contributed by atoms with Crippen LogP contribution in [0, 0.1) is 6.92 Å². The molecule has 1 aliphatic rings. The molecule has 7 nitrogen and oxygen atoms in total. The molecule has 0 bridgehead atoms. The van der Waals surface area contributed by atoms with Crippen molar-refractivity contribution in [2.75, 3.05) is 18.0 Å². The summed E-state index contributed by atoms with van der Waals surface area (Å²) in [6.07, 6.45) is 0.698. The fourth-order valence-corrected chi connectivity index (χ4v) is 3.01. The average molecular weight is 342 g/mol. The topological polar surface area (TPSA) is 90.6 Å². The molecule has 1 fully saturated rings. The van der Waals surface area contributed by atoms with Crippen molar-refractivity contribution in [3.05, 3.63) is 36.0 Å². The number of carbonyl (C=O) groups excluding carboxylic acids is 1. The summed E-state index contributed by atoms with van der Waals surface area (Å²) in [6, 6.07) is 7.97. The van der Waals surface area contributed by atoms with Crippen LogP contribution < -0.4 is 15.4 Å². The van der Waals surface area contributed by atoms with Crippen LogP contribution in [-0.4, -0.2) is 41.4 Å². The van der Waals surface area contributed by atoms with Gasteiger partial charge < -0.3 is 20.1 Å². The Labute approximate surface area is 146 Å². The highest BCUT2D eigenvalue weighted by Crippen LogP contribution is 2.31. The Bertz CT molecular complexity index is 753. The summed E-state index contributed by atoms with van der Waals surface area (Å²) in [4.78, 5) is 22.2. The normalized spacial score (nSPS) is 20.4. The van der Waals surface area contributed by atoms with Gasteiger partial charge in [-0.3, -0.25) is 0 Å². The van der Waals surface area contributed by atoms with E-state index in [4.69, 9.17) is 15.2 Å². The van der Waals surface area contributed by atoms with E-state index < -0.39 is 6.09 Å². The second-order valence-electron chi connectivity index (χ2n) is 6.33. The van der Waals surface area contributed by atoms with E-state index in [1.807, 2.05) is 45.0 Å². The van der Waals surface area contributed by atoms with Gasteiger partial charge in [-0.05, 0) is 20.8 Å². The summed E-state index contributed by atoms with van der Waals surface area (Å²) in [6.45, 7) is 7.52. The van der Waals surface area contributed by atoms with Gasteiger partial charge in [-0.1, -0.05) is 29.8 Å². The molecule has 7 heteroatoms. The maximum absolute atomic E-state index is 11.0. The number of carbonyl (C=O) groups is 1. The predicted molar refractivity (Wildman–Crippen MR) is 94.6 cm³/mol. The lowest BCUT2D eigenvalue weighted by atomic mass is 10.1. The first-order valence-electron chi connectivity index (χ1n) is 8.24. The van der Waals surface area contributed by atoms with Gasteiger partial charge in [0.15, 0.2) is 5.82 Å². The third-order valence-corrected chi connectivity index (χ3v) is 3.98. The molecule has 2 aromatic rings. The third kappa shape index (κ3) is 4.06. The molecule has 2 atom stereocenters. The van der Waals surface area contributed by atoms with E-state index in [2.05, 4.69) is 14.9 Å². The zero-order chi connectivity index (χ0) is 18.0. The minimum Gasteiger partial charge on any atom is -0.390 e. The molecule has 2 heterocycles. The van der Waals surface area contributed by atoms with Crippen molar-refractivity contribution in [3.8, 4) is 17.1 Å². The van der Waals surface area contributed by atoms with Crippen molar-refractivity contribution >= 4 is 11.9 Å². The Hall–Kier alpha value is -2.67. The lowest BCUT2D eigenvalue weighted by Gasteiger charge is -2.36. The number of aromatic nitrogens is 2. The van der Waals surface area contributed by atoms with Crippen LogP contribution in [0.4, 0.5) is 10.6 Å². The van der Waals surface area contributed by atoms with Crippen LogP contribution in [0.1, 0.15) is 19.4 Å². The number of benzene rings is 1. The number of ether oxygens (including phenoxy) is 2. The van der Waals surface area contributed by atoms with Gasteiger partial charge in [-0.25, -0.2) is 14.8 Å². The monoisotopic (exact) mass is 342 g/mol. The zero-order valence-corrected chi connectivity index (χ0v) is 14.6. The molecule has 0 radical (unpaired) electrons. The molecule has 1 saturated heterocycles. The number of nitrogens with two attached hydrogens (primary N) is 1. The molecule has 1 aromatic carbocycles. The lowest BCUT2D eigenvalue weighted by Crippen LogP contribution is -2.46. The number of morpholine rings is 1. The van der Waals surface area contributed by atoms with Gasteiger partial charge in [0.2, 0.25) is 5.88 Å². The molecule has 0 spiro atoms. The molecular weight excluding hydrogens is 320 g/mol. The van der Waals surface area contributed by atoms with Crippen molar-refractivity contribution in [1.82, 2.24) is 9.97 Å². The van der Waals surface area contributed by atoms with Gasteiger partial charge in [0.1, 0.15) is 5.69 Å². The van der Waals surface area contributed by atoms with Crippen molar-refractivity contribution in [2.45, 2.75) is 33.0 Å². The van der Waals surface area contributed by atoms with Crippen molar-refractivity contribution < 1.29 is 14.3 Å². The van der Waals surface area contributed by atoms with Crippen LogP contribution >= 0.6 is 0 Å². The molecule has 2 unspecified atom stereocenters. The number of rotatable bonds is 3. The summed E-state index contributed by atoms with van der Waals surface area (Å²) in [5, 5.41) is 0. The molecular formula is C18H22N4O3. The smallest absolute Gasteiger partial charge is 0.390 e. The van der Waals surface area contributed by atoms with Gasteiger partial charge in [-0.15, -0.1) is 0 Å². The van der Waals surface area contributed by atoms with Crippen LogP contribution in [0.3, 0.4) is 0 Å². The molecule has 1 aromatic heterocycles. The quantitative estimate of drug-likeness (QED) is 0.922. The molecule has 0 aliphatic carbocycles. The SMILES string of the molecule is Cc1ccc(-c2nc(OC(N)=O)cnc2N2CC(C)OC(C)C2)cc1. The van der Waals surface area contributed by atoms with Crippen LogP contribution in [0.15, 0.2) is 30.5 Å². The highest BCUT2D eigenvalue weighted by Gasteiger charge is 2.26. The van der Waals surface area contributed by atoms with Gasteiger partial charge >= 0.3 is 6.09 Å². The van der Waals surface area contributed by atoms with E-state index in [0.29, 0.717) is 18.8 Å². The summed E-state index contributed by atoms with van der Waals surface area (Å²) >= 11 is 0. The third-order valence-electron chi connectivity index (χ3n) is 3.98. The summed E-state index contributed by atoms with van der Waals surface area (Å²) in [5.41, 5.74) is 7.79. The highest BCUT2D eigenvalue weighted by atomic mass is 16.6. The number of anilines is 1. The predicted octanol–water partition coefficient (Wildman–Crippen LogP) is 2.52. The summed E-state index contributed by atoms with van der Waals surface area (Å²) in [5.74, 6) is 0.823. The first-order chi connectivity index (χ1) is 11.9. The Kier molecular flexibility index (Phi) is 4.85. The number of hydrogen-bond acceptors (Lipinski definition) is 6. The van der Waals surface area contributed by atoms with Crippen LogP contribution in [0.5, 0.6) is 5.88 Å². The highest BCUT2D eigenvalue weighted by molar-refractivity contribution is 5.74. The van der Waals surface area contributed by atoms with Crippen molar-refractivity contribution in [3.63, 3.8) is 0 Å². The average Bonchev–Trinajstić information content (AvgIpc) is 2.54. The van der Waals surface area contributed by atoms with Crippen molar-refractivity contribution in [1.29, 1.82) is 0 Å². The van der Waals surface area contributed by atoms with E-state index >= 15 is 0 Å². The fourth-order valence-electron chi connectivity index (χ4n) is 3.01. The number of aryl methyl sites for hydroxylation is 1. The molecule has 0 saturated carbocycles. The minimum absolute atomic E-state index is 0.0844. The van der Waals surface area contributed by atoms with Gasteiger partial charge in [0.25, 0.3) is 0 Å². The number of amides is 1. The minimum atomic E-state index is -0.912. The van der Waals surface area contributed by atoms with Gasteiger partial charge in [-0.2, -0.15) is 0 Å². The van der Waals surface area contributed by atoms with Gasteiger partial charge in [0.05, 0.1) is 18.4 Å².